The molecule has 1 N–H and O–H groups in total. The van der Waals surface area contributed by atoms with Crippen molar-refractivity contribution in [1.29, 1.82) is 0 Å². The second kappa shape index (κ2) is 6.05. The van der Waals surface area contributed by atoms with Crippen molar-refractivity contribution < 1.29 is 5.11 Å². The van der Waals surface area contributed by atoms with E-state index in [1.807, 2.05) is 12.1 Å². The van der Waals surface area contributed by atoms with Crippen LogP contribution in [0.5, 0.6) is 0 Å². The summed E-state index contributed by atoms with van der Waals surface area (Å²) in [6.45, 7) is 1.79. The molecule has 1 atom stereocenters. The summed E-state index contributed by atoms with van der Waals surface area (Å²) in [6, 6.07) is 10.2. The molecule has 0 radical (unpaired) electrons. The summed E-state index contributed by atoms with van der Waals surface area (Å²) in [5.41, 5.74) is 0.972. The van der Waals surface area contributed by atoms with Crippen LogP contribution in [-0.4, -0.2) is 5.11 Å². The predicted octanol–water partition coefficient (Wildman–Crippen LogP) is 4.86. The summed E-state index contributed by atoms with van der Waals surface area (Å²) in [7, 11) is 0. The molecule has 4 heteroatoms. The van der Waals surface area contributed by atoms with Gasteiger partial charge in [-0.1, -0.05) is 12.1 Å². The van der Waals surface area contributed by atoms with Crippen LogP contribution in [0.2, 0.25) is 0 Å². The molecule has 1 aromatic carbocycles. The van der Waals surface area contributed by atoms with Crippen LogP contribution in [0.25, 0.3) is 0 Å². The monoisotopic (exact) mass is 328 g/mol. The molecule has 0 saturated carbocycles. The second-order valence-electron chi connectivity index (χ2n) is 3.73. The van der Waals surface area contributed by atoms with Crippen molar-refractivity contribution in [1.82, 2.24) is 0 Å². The maximum absolute atomic E-state index is 9.53. The average molecular weight is 329 g/mol. The highest BCUT2D eigenvalue weighted by Gasteiger charge is 2.04. The minimum atomic E-state index is -0.399. The zero-order valence-corrected chi connectivity index (χ0v) is 12.6. The van der Waals surface area contributed by atoms with E-state index in [9.17, 15) is 5.11 Å². The summed E-state index contributed by atoms with van der Waals surface area (Å²) < 4.78 is 1.18. The highest BCUT2D eigenvalue weighted by atomic mass is 79.9. The van der Waals surface area contributed by atoms with E-state index in [0.29, 0.717) is 0 Å². The maximum atomic E-state index is 9.53. The fourth-order valence-corrected chi connectivity index (χ4v) is 4.20. The smallest absolute Gasteiger partial charge is 0.0762 e. The van der Waals surface area contributed by atoms with E-state index < -0.39 is 6.10 Å². The molecule has 1 heterocycles. The Bertz CT molecular complexity index is 494. The van der Waals surface area contributed by atoms with E-state index in [2.05, 4.69) is 39.5 Å². The lowest BCUT2D eigenvalue weighted by Crippen LogP contribution is -1.90. The Labute approximate surface area is 118 Å². The number of aliphatic hydroxyl groups excluding tert-OH is 1. The Morgan fingerprint density at radius 1 is 1.41 bits per heavy atom. The van der Waals surface area contributed by atoms with Crippen LogP contribution in [0.15, 0.2) is 45.1 Å². The van der Waals surface area contributed by atoms with Crippen molar-refractivity contribution in [3.63, 3.8) is 0 Å². The van der Waals surface area contributed by atoms with Crippen molar-refractivity contribution >= 4 is 39.0 Å². The average Bonchev–Trinajstić information content (AvgIpc) is 2.72. The van der Waals surface area contributed by atoms with Crippen molar-refractivity contribution in [3.8, 4) is 0 Å². The standard InChI is InChI=1S/C13H13BrOS2/c1-9(15)10-3-2-4-11(7-10)17-8-13-12(14)5-6-16-13/h2-7,9,15H,8H2,1H3. The number of benzene rings is 1. The van der Waals surface area contributed by atoms with Gasteiger partial charge < -0.3 is 5.11 Å². The molecular formula is C13H13BrOS2. The number of hydrogen-bond donors (Lipinski definition) is 1. The lowest BCUT2D eigenvalue weighted by atomic mass is 10.1. The third-order valence-corrected chi connectivity index (χ3v) is 5.53. The number of thioether (sulfide) groups is 1. The van der Waals surface area contributed by atoms with Gasteiger partial charge in [-0.15, -0.1) is 23.1 Å². The van der Waals surface area contributed by atoms with Gasteiger partial charge >= 0.3 is 0 Å². The fourth-order valence-electron chi connectivity index (χ4n) is 1.44. The fraction of sp³-hybridized carbons (Fsp3) is 0.231. The minimum absolute atomic E-state index is 0.399. The summed E-state index contributed by atoms with van der Waals surface area (Å²) in [6.07, 6.45) is -0.399. The first-order valence-corrected chi connectivity index (χ1v) is 7.95. The molecule has 0 bridgehead atoms. The highest BCUT2D eigenvalue weighted by molar-refractivity contribution is 9.10. The van der Waals surface area contributed by atoms with Gasteiger partial charge in [0.1, 0.15) is 0 Å². The molecule has 1 aromatic heterocycles. The van der Waals surface area contributed by atoms with Crippen LogP contribution in [0.1, 0.15) is 23.5 Å². The molecule has 17 heavy (non-hydrogen) atoms. The normalized spacial score (nSPS) is 12.6. The quantitative estimate of drug-likeness (QED) is 0.809. The van der Waals surface area contributed by atoms with Crippen molar-refractivity contribution in [2.75, 3.05) is 0 Å². The zero-order chi connectivity index (χ0) is 12.3. The van der Waals surface area contributed by atoms with Gasteiger partial charge in [-0.3, -0.25) is 0 Å². The summed E-state index contributed by atoms with van der Waals surface area (Å²) in [4.78, 5) is 2.54. The molecule has 1 unspecified atom stereocenters. The first kappa shape index (κ1) is 13.1. The Balaban J connectivity index is 2.04. The molecule has 0 spiro atoms. The predicted molar refractivity (Wildman–Crippen MR) is 78.7 cm³/mol. The molecule has 0 saturated heterocycles. The van der Waals surface area contributed by atoms with Gasteiger partial charge in [0, 0.05) is 20.0 Å². The Morgan fingerprint density at radius 3 is 2.88 bits per heavy atom. The number of aliphatic hydroxyl groups is 1. The van der Waals surface area contributed by atoms with E-state index >= 15 is 0 Å². The molecule has 2 rings (SSSR count). The number of rotatable bonds is 4. The molecule has 2 aromatic rings. The van der Waals surface area contributed by atoms with Crippen LogP contribution in [0, 0.1) is 0 Å². The van der Waals surface area contributed by atoms with E-state index in [-0.39, 0.29) is 0 Å². The van der Waals surface area contributed by atoms with Crippen LogP contribution < -0.4 is 0 Å². The van der Waals surface area contributed by atoms with Gasteiger partial charge in [-0.25, -0.2) is 0 Å². The lowest BCUT2D eigenvalue weighted by Gasteiger charge is -2.07. The highest BCUT2D eigenvalue weighted by Crippen LogP contribution is 2.31. The Kier molecular flexibility index (Phi) is 4.68. The largest absolute Gasteiger partial charge is 0.389 e. The van der Waals surface area contributed by atoms with E-state index in [1.54, 1.807) is 30.0 Å². The Hall–Kier alpha value is -0.290. The molecule has 0 aliphatic rings. The maximum Gasteiger partial charge on any atom is 0.0762 e. The zero-order valence-electron chi connectivity index (χ0n) is 9.39. The lowest BCUT2D eigenvalue weighted by molar-refractivity contribution is 0.199. The first-order chi connectivity index (χ1) is 8.16. The number of hydrogen-bond acceptors (Lipinski definition) is 3. The van der Waals surface area contributed by atoms with E-state index in [4.69, 9.17) is 0 Å². The van der Waals surface area contributed by atoms with Crippen LogP contribution in [0.3, 0.4) is 0 Å². The SMILES string of the molecule is CC(O)c1cccc(SCc2sccc2Br)c1. The van der Waals surface area contributed by atoms with E-state index in [0.717, 1.165) is 11.3 Å². The molecular weight excluding hydrogens is 316 g/mol. The van der Waals surface area contributed by atoms with Crippen LogP contribution in [-0.2, 0) is 5.75 Å². The summed E-state index contributed by atoms with van der Waals surface area (Å²) in [5, 5.41) is 11.6. The van der Waals surface area contributed by atoms with Crippen LogP contribution in [0.4, 0.5) is 0 Å². The molecule has 0 fully saturated rings. The first-order valence-electron chi connectivity index (χ1n) is 5.29. The molecule has 90 valence electrons. The topological polar surface area (TPSA) is 20.2 Å². The molecule has 0 amide bonds. The third kappa shape index (κ3) is 3.58. The minimum Gasteiger partial charge on any atom is -0.389 e. The molecule has 0 aliphatic heterocycles. The van der Waals surface area contributed by atoms with Gasteiger partial charge in [0.15, 0.2) is 0 Å². The number of halogens is 1. The number of thiophene rings is 1. The summed E-state index contributed by atoms with van der Waals surface area (Å²) in [5.74, 6) is 0.960. The van der Waals surface area contributed by atoms with Crippen molar-refractivity contribution in [2.45, 2.75) is 23.7 Å². The van der Waals surface area contributed by atoms with Crippen molar-refractivity contribution in [3.05, 3.63) is 50.6 Å². The van der Waals surface area contributed by atoms with Crippen LogP contribution >= 0.6 is 39.0 Å². The van der Waals surface area contributed by atoms with Gasteiger partial charge in [0.2, 0.25) is 0 Å². The van der Waals surface area contributed by atoms with Gasteiger partial charge in [-0.2, -0.15) is 0 Å². The van der Waals surface area contributed by atoms with Gasteiger partial charge in [-0.05, 0) is 52.0 Å². The molecule has 1 nitrogen and oxygen atoms in total. The van der Waals surface area contributed by atoms with Gasteiger partial charge in [0.25, 0.3) is 0 Å². The van der Waals surface area contributed by atoms with E-state index in [1.165, 1.54) is 14.2 Å². The third-order valence-electron chi connectivity index (χ3n) is 2.40. The molecule has 0 aliphatic carbocycles. The summed E-state index contributed by atoms with van der Waals surface area (Å²) >= 11 is 7.09. The van der Waals surface area contributed by atoms with Crippen molar-refractivity contribution in [2.24, 2.45) is 0 Å². The second-order valence-corrected chi connectivity index (χ2v) is 6.63. The van der Waals surface area contributed by atoms with Gasteiger partial charge in [0.05, 0.1) is 6.10 Å². The Morgan fingerprint density at radius 2 is 2.24 bits per heavy atom.